The lowest BCUT2D eigenvalue weighted by molar-refractivity contribution is -0.137. The summed E-state index contributed by atoms with van der Waals surface area (Å²) < 4.78 is 6.78. The predicted molar refractivity (Wildman–Crippen MR) is 70.6 cm³/mol. The van der Waals surface area contributed by atoms with E-state index in [1.165, 1.54) is 4.57 Å². The van der Waals surface area contributed by atoms with Gasteiger partial charge < -0.3 is 9.84 Å². The third-order valence-electron chi connectivity index (χ3n) is 2.94. The zero-order valence-corrected chi connectivity index (χ0v) is 10.6. The molecule has 0 aliphatic rings. The van der Waals surface area contributed by atoms with Crippen molar-refractivity contribution in [3.63, 3.8) is 0 Å². The van der Waals surface area contributed by atoms with E-state index < -0.39 is 5.97 Å². The van der Waals surface area contributed by atoms with Crippen molar-refractivity contribution < 1.29 is 19.4 Å². The predicted octanol–water partition coefficient (Wildman–Crippen LogP) is 2.54. The van der Waals surface area contributed by atoms with Gasteiger partial charge in [-0.2, -0.15) is 0 Å². The third kappa shape index (κ3) is 2.76. The third-order valence-corrected chi connectivity index (χ3v) is 2.94. The molecule has 0 radical (unpaired) electrons. The van der Waals surface area contributed by atoms with Gasteiger partial charge in [-0.3, -0.25) is 14.2 Å². The Labute approximate surface area is 110 Å². The van der Waals surface area contributed by atoms with Crippen LogP contribution in [0.4, 0.5) is 0 Å². The molecule has 0 bridgehead atoms. The smallest absolute Gasteiger partial charge is 0.303 e. The number of benzene rings is 1. The molecule has 1 N–H and O–H groups in total. The topological polar surface area (TPSA) is 68.5 Å². The molecular formula is C14H15NO4. The Hall–Kier alpha value is -2.30. The molecule has 0 amide bonds. The van der Waals surface area contributed by atoms with Crippen LogP contribution < -0.4 is 4.74 Å². The molecular weight excluding hydrogens is 246 g/mol. The lowest BCUT2D eigenvalue weighted by Crippen LogP contribution is -2.10. The van der Waals surface area contributed by atoms with Crippen LogP contribution in [0.2, 0.25) is 0 Å². The van der Waals surface area contributed by atoms with Crippen LogP contribution in [0.3, 0.4) is 0 Å². The Kier molecular flexibility index (Phi) is 3.85. The Balaban J connectivity index is 2.24. The molecule has 0 spiro atoms. The second kappa shape index (κ2) is 5.56. The molecule has 0 atom stereocenters. The van der Waals surface area contributed by atoms with Gasteiger partial charge in [0.15, 0.2) is 0 Å². The molecule has 0 aliphatic carbocycles. The fourth-order valence-electron chi connectivity index (χ4n) is 2.04. The zero-order valence-electron chi connectivity index (χ0n) is 10.6. The van der Waals surface area contributed by atoms with E-state index in [4.69, 9.17) is 9.84 Å². The summed E-state index contributed by atoms with van der Waals surface area (Å²) in [6.07, 6.45) is 2.23. The first-order valence-electron chi connectivity index (χ1n) is 6.02. The SMILES string of the molecule is COc1cccc2ccn(C(=O)CCCC(=O)O)c12. The molecule has 5 nitrogen and oxygen atoms in total. The maximum absolute atomic E-state index is 12.1. The quantitative estimate of drug-likeness (QED) is 0.898. The number of carboxylic acid groups (broad SMARTS) is 1. The summed E-state index contributed by atoms with van der Waals surface area (Å²) >= 11 is 0. The molecule has 2 rings (SSSR count). The number of aromatic nitrogens is 1. The molecule has 0 saturated heterocycles. The largest absolute Gasteiger partial charge is 0.495 e. The van der Waals surface area contributed by atoms with Gasteiger partial charge in [0, 0.05) is 24.4 Å². The average Bonchev–Trinajstić information content (AvgIpc) is 2.81. The maximum Gasteiger partial charge on any atom is 0.303 e. The number of fused-ring (bicyclic) bond motifs is 1. The second-order valence-electron chi connectivity index (χ2n) is 4.22. The van der Waals surface area contributed by atoms with Crippen molar-refractivity contribution in [2.24, 2.45) is 0 Å². The van der Waals surface area contributed by atoms with Crippen LogP contribution in [0.15, 0.2) is 30.5 Å². The standard InChI is InChI=1S/C14H15NO4/c1-19-11-5-2-4-10-8-9-15(14(10)11)12(16)6-3-7-13(17)18/h2,4-5,8-9H,3,6-7H2,1H3,(H,17,18). The van der Waals surface area contributed by atoms with Gasteiger partial charge in [0.05, 0.1) is 12.6 Å². The average molecular weight is 261 g/mol. The van der Waals surface area contributed by atoms with Crippen LogP contribution >= 0.6 is 0 Å². The lowest BCUT2D eigenvalue weighted by Gasteiger charge is -2.07. The van der Waals surface area contributed by atoms with E-state index in [2.05, 4.69) is 0 Å². The Morgan fingerprint density at radius 3 is 2.74 bits per heavy atom. The fraction of sp³-hybridized carbons (Fsp3) is 0.286. The number of methoxy groups -OCH3 is 1. The number of carboxylic acids is 1. The van der Waals surface area contributed by atoms with Crippen LogP contribution in [0.1, 0.15) is 24.1 Å². The molecule has 0 fully saturated rings. The van der Waals surface area contributed by atoms with E-state index in [-0.39, 0.29) is 18.7 Å². The van der Waals surface area contributed by atoms with Gasteiger partial charge in [-0.1, -0.05) is 12.1 Å². The monoisotopic (exact) mass is 261 g/mol. The number of carbonyl (C=O) groups is 2. The molecule has 0 unspecified atom stereocenters. The fourth-order valence-corrected chi connectivity index (χ4v) is 2.04. The summed E-state index contributed by atoms with van der Waals surface area (Å²) in [7, 11) is 1.56. The van der Waals surface area contributed by atoms with Crippen molar-refractivity contribution in [3.05, 3.63) is 30.5 Å². The number of carbonyl (C=O) groups excluding carboxylic acids is 1. The van der Waals surface area contributed by atoms with Crippen molar-refractivity contribution >= 4 is 22.8 Å². The molecule has 0 saturated carbocycles. The number of aliphatic carboxylic acids is 1. The van der Waals surface area contributed by atoms with Gasteiger partial charge in [-0.25, -0.2) is 0 Å². The number of nitrogens with zero attached hydrogens (tertiary/aromatic N) is 1. The van der Waals surface area contributed by atoms with Crippen LogP contribution in [0.5, 0.6) is 5.75 Å². The highest BCUT2D eigenvalue weighted by Gasteiger charge is 2.12. The number of para-hydroxylation sites is 1. The summed E-state index contributed by atoms with van der Waals surface area (Å²) in [4.78, 5) is 22.5. The maximum atomic E-state index is 12.1. The highest BCUT2D eigenvalue weighted by Crippen LogP contribution is 2.26. The Bertz CT molecular complexity index is 615. The Morgan fingerprint density at radius 2 is 2.05 bits per heavy atom. The molecule has 1 aromatic heterocycles. The summed E-state index contributed by atoms with van der Waals surface area (Å²) in [5, 5.41) is 9.49. The molecule has 0 aliphatic heterocycles. The first-order valence-corrected chi connectivity index (χ1v) is 6.02. The first kappa shape index (κ1) is 13.1. The van der Waals surface area contributed by atoms with Gasteiger partial charge >= 0.3 is 5.97 Å². The van der Waals surface area contributed by atoms with Crippen LogP contribution in [-0.4, -0.2) is 28.7 Å². The number of hydrogen-bond acceptors (Lipinski definition) is 3. The minimum absolute atomic E-state index is 0.00206. The molecule has 2 aromatic rings. The van der Waals surface area contributed by atoms with Crippen LogP contribution in [0.25, 0.3) is 10.9 Å². The van der Waals surface area contributed by atoms with Gasteiger partial charge in [0.2, 0.25) is 5.91 Å². The lowest BCUT2D eigenvalue weighted by atomic mass is 10.2. The van der Waals surface area contributed by atoms with E-state index in [1.54, 1.807) is 19.4 Å². The molecule has 100 valence electrons. The van der Waals surface area contributed by atoms with Crippen molar-refractivity contribution in [1.82, 2.24) is 4.57 Å². The van der Waals surface area contributed by atoms with Gasteiger partial charge in [-0.15, -0.1) is 0 Å². The number of ether oxygens (including phenoxy) is 1. The van der Waals surface area contributed by atoms with Crippen molar-refractivity contribution in [2.75, 3.05) is 7.11 Å². The zero-order chi connectivity index (χ0) is 13.8. The van der Waals surface area contributed by atoms with E-state index in [0.717, 1.165) is 10.9 Å². The van der Waals surface area contributed by atoms with E-state index in [1.807, 2.05) is 18.2 Å². The van der Waals surface area contributed by atoms with Gasteiger partial charge in [0.25, 0.3) is 0 Å². The van der Waals surface area contributed by atoms with Gasteiger partial charge in [0.1, 0.15) is 5.75 Å². The summed E-state index contributed by atoms with van der Waals surface area (Å²) in [6, 6.07) is 7.40. The normalized spacial score (nSPS) is 10.6. The first-order chi connectivity index (χ1) is 9.13. The van der Waals surface area contributed by atoms with Crippen molar-refractivity contribution in [1.29, 1.82) is 0 Å². The van der Waals surface area contributed by atoms with Crippen LogP contribution in [-0.2, 0) is 4.79 Å². The molecule has 1 heterocycles. The van der Waals surface area contributed by atoms with Crippen molar-refractivity contribution in [3.8, 4) is 5.75 Å². The molecule has 5 heteroatoms. The van der Waals surface area contributed by atoms with E-state index in [0.29, 0.717) is 12.2 Å². The van der Waals surface area contributed by atoms with E-state index >= 15 is 0 Å². The summed E-state index contributed by atoms with van der Waals surface area (Å²) in [5.41, 5.74) is 0.727. The highest BCUT2D eigenvalue weighted by molar-refractivity contribution is 5.95. The number of hydrogen-bond donors (Lipinski definition) is 1. The summed E-state index contributed by atoms with van der Waals surface area (Å²) in [6.45, 7) is 0. The minimum Gasteiger partial charge on any atom is -0.495 e. The summed E-state index contributed by atoms with van der Waals surface area (Å²) in [5.74, 6) is -0.377. The minimum atomic E-state index is -0.886. The van der Waals surface area contributed by atoms with Crippen molar-refractivity contribution in [2.45, 2.75) is 19.3 Å². The Morgan fingerprint density at radius 1 is 1.26 bits per heavy atom. The number of rotatable bonds is 5. The van der Waals surface area contributed by atoms with E-state index in [9.17, 15) is 9.59 Å². The van der Waals surface area contributed by atoms with Gasteiger partial charge in [-0.05, 0) is 18.6 Å². The highest BCUT2D eigenvalue weighted by atomic mass is 16.5. The van der Waals surface area contributed by atoms with Crippen LogP contribution in [0, 0.1) is 0 Å². The molecule has 1 aromatic carbocycles. The second-order valence-corrected chi connectivity index (χ2v) is 4.22. The molecule has 19 heavy (non-hydrogen) atoms.